The lowest BCUT2D eigenvalue weighted by molar-refractivity contribution is -0.384. The van der Waals surface area contributed by atoms with Crippen molar-refractivity contribution in [1.82, 2.24) is 4.98 Å². The van der Waals surface area contributed by atoms with E-state index in [0.717, 1.165) is 27.9 Å². The lowest BCUT2D eigenvalue weighted by Crippen LogP contribution is -2.13. The molecule has 10 heteroatoms. The number of nitrogens with two attached hydrogens (primary N) is 1. The van der Waals surface area contributed by atoms with Crippen LogP contribution in [0.5, 0.6) is 0 Å². The number of primary sulfonamides is 1. The molecule has 3 rings (SSSR count). The Morgan fingerprint density at radius 3 is 2.67 bits per heavy atom. The number of rotatable bonds is 6. The number of nitrogens with one attached hydrogen (secondary N) is 1. The smallest absolute Gasteiger partial charge is 0.293 e. The second kappa shape index (κ2) is 7.43. The summed E-state index contributed by atoms with van der Waals surface area (Å²) in [6, 6.07) is 11.4. The van der Waals surface area contributed by atoms with Gasteiger partial charge in [0.05, 0.1) is 22.1 Å². The Balaban J connectivity index is 1.81. The van der Waals surface area contributed by atoms with Crippen LogP contribution in [-0.4, -0.2) is 18.3 Å². The molecule has 0 unspecified atom stereocenters. The number of aromatic nitrogens is 1. The fourth-order valence-electron chi connectivity index (χ4n) is 2.50. The Bertz CT molecular complexity index is 1110. The molecule has 0 amide bonds. The average molecular weight is 404 g/mol. The van der Waals surface area contributed by atoms with Crippen LogP contribution in [-0.2, 0) is 16.6 Å². The summed E-state index contributed by atoms with van der Waals surface area (Å²) in [6.45, 7) is 2.27. The summed E-state index contributed by atoms with van der Waals surface area (Å²) < 4.78 is 22.8. The summed E-state index contributed by atoms with van der Waals surface area (Å²) in [5.41, 5.74) is 2.70. The fourth-order valence-corrected chi connectivity index (χ4v) is 3.94. The molecule has 0 saturated carbocycles. The molecule has 3 N–H and O–H groups in total. The molecule has 27 heavy (non-hydrogen) atoms. The van der Waals surface area contributed by atoms with E-state index in [9.17, 15) is 18.5 Å². The molecular formula is C17H16N4O4S2. The first kappa shape index (κ1) is 19.0. The molecule has 0 atom stereocenters. The number of hydrogen-bond acceptors (Lipinski definition) is 7. The van der Waals surface area contributed by atoms with Gasteiger partial charge in [0.1, 0.15) is 10.7 Å². The van der Waals surface area contributed by atoms with E-state index in [-0.39, 0.29) is 22.8 Å². The lowest BCUT2D eigenvalue weighted by atomic mass is 10.1. The molecule has 0 saturated heterocycles. The number of nitrogens with zero attached hydrogens (tertiary/aromatic N) is 2. The Hall–Kier alpha value is -2.82. The maximum absolute atomic E-state index is 11.4. The quantitative estimate of drug-likeness (QED) is 0.479. The highest BCUT2D eigenvalue weighted by Crippen LogP contribution is 2.29. The normalized spacial score (nSPS) is 11.3. The highest BCUT2D eigenvalue weighted by atomic mass is 32.2. The van der Waals surface area contributed by atoms with Crippen molar-refractivity contribution in [2.75, 3.05) is 5.32 Å². The van der Waals surface area contributed by atoms with E-state index in [2.05, 4.69) is 10.3 Å². The van der Waals surface area contributed by atoms with Gasteiger partial charge in [0.25, 0.3) is 5.69 Å². The van der Waals surface area contributed by atoms with Crippen LogP contribution in [0, 0.1) is 17.0 Å². The molecule has 0 fully saturated rings. The Kier molecular flexibility index (Phi) is 5.22. The molecule has 0 aliphatic carbocycles. The van der Waals surface area contributed by atoms with Crippen LogP contribution in [0.1, 0.15) is 11.3 Å². The third kappa shape index (κ3) is 4.30. The molecule has 0 spiro atoms. The van der Waals surface area contributed by atoms with Crippen LogP contribution in [0.15, 0.2) is 52.7 Å². The van der Waals surface area contributed by atoms with E-state index in [4.69, 9.17) is 5.14 Å². The molecule has 1 heterocycles. The van der Waals surface area contributed by atoms with Gasteiger partial charge in [0.2, 0.25) is 10.0 Å². The minimum Gasteiger partial charge on any atom is -0.374 e. The van der Waals surface area contributed by atoms with Gasteiger partial charge in [-0.15, -0.1) is 11.3 Å². The number of sulfonamides is 1. The van der Waals surface area contributed by atoms with Gasteiger partial charge in [-0.25, -0.2) is 18.5 Å². The van der Waals surface area contributed by atoms with Crippen LogP contribution in [0.2, 0.25) is 0 Å². The number of nitro groups is 1. The number of anilines is 1. The monoisotopic (exact) mass is 404 g/mol. The second-order valence-electron chi connectivity index (χ2n) is 5.79. The maximum Gasteiger partial charge on any atom is 0.293 e. The van der Waals surface area contributed by atoms with E-state index in [1.807, 2.05) is 36.6 Å². The predicted octanol–water partition coefficient (Wildman–Crippen LogP) is 3.29. The van der Waals surface area contributed by atoms with Crippen molar-refractivity contribution in [2.45, 2.75) is 18.4 Å². The predicted molar refractivity (Wildman–Crippen MR) is 104 cm³/mol. The highest BCUT2D eigenvalue weighted by molar-refractivity contribution is 7.89. The van der Waals surface area contributed by atoms with Crippen LogP contribution in [0.4, 0.5) is 11.4 Å². The van der Waals surface area contributed by atoms with E-state index >= 15 is 0 Å². The molecule has 0 aliphatic rings. The number of nitro benzene ring substituents is 1. The van der Waals surface area contributed by atoms with Crippen molar-refractivity contribution in [3.8, 4) is 10.6 Å². The molecular weight excluding hydrogens is 388 g/mol. The molecule has 1 aromatic heterocycles. The van der Waals surface area contributed by atoms with Crippen molar-refractivity contribution in [3.63, 3.8) is 0 Å². The minimum atomic E-state index is -4.02. The van der Waals surface area contributed by atoms with Crippen molar-refractivity contribution >= 4 is 32.7 Å². The Morgan fingerprint density at radius 1 is 1.26 bits per heavy atom. The molecule has 0 aliphatic heterocycles. The van der Waals surface area contributed by atoms with E-state index in [1.54, 1.807) is 0 Å². The summed E-state index contributed by atoms with van der Waals surface area (Å²) in [6.07, 6.45) is 0. The van der Waals surface area contributed by atoms with Gasteiger partial charge < -0.3 is 5.32 Å². The van der Waals surface area contributed by atoms with Crippen molar-refractivity contribution < 1.29 is 13.3 Å². The summed E-state index contributed by atoms with van der Waals surface area (Å²) in [5, 5.41) is 22.0. The van der Waals surface area contributed by atoms with Gasteiger partial charge >= 0.3 is 0 Å². The second-order valence-corrected chi connectivity index (χ2v) is 8.21. The van der Waals surface area contributed by atoms with E-state index < -0.39 is 14.9 Å². The molecule has 0 bridgehead atoms. The minimum absolute atomic E-state index is 0.192. The van der Waals surface area contributed by atoms with Gasteiger partial charge in [0, 0.05) is 17.0 Å². The van der Waals surface area contributed by atoms with Crippen LogP contribution >= 0.6 is 11.3 Å². The molecule has 0 radical (unpaired) electrons. The first-order chi connectivity index (χ1) is 12.8. The van der Waals surface area contributed by atoms with Crippen LogP contribution in [0.3, 0.4) is 0 Å². The largest absolute Gasteiger partial charge is 0.374 e. The van der Waals surface area contributed by atoms with Crippen molar-refractivity contribution in [3.05, 3.63) is 69.2 Å². The molecule has 140 valence electrons. The SMILES string of the molecule is Cc1ccccc1-c1nc(CNc2ccc(S(N)(=O)=O)cc2[N+](=O)[O-])cs1. The third-order valence-corrected chi connectivity index (χ3v) is 5.72. The van der Waals surface area contributed by atoms with Crippen LogP contribution < -0.4 is 10.5 Å². The maximum atomic E-state index is 11.4. The van der Waals surface area contributed by atoms with Crippen molar-refractivity contribution in [1.29, 1.82) is 0 Å². The number of benzene rings is 2. The number of aryl methyl sites for hydroxylation is 1. The standard InChI is InChI=1S/C17H16N4O4S2/c1-11-4-2-3-5-14(11)17-20-12(10-26-17)9-19-15-7-6-13(27(18,24)25)8-16(15)21(22)23/h2-8,10,19H,9H2,1H3,(H2,18,24,25). The Labute approximate surface area is 159 Å². The lowest BCUT2D eigenvalue weighted by Gasteiger charge is -2.07. The van der Waals surface area contributed by atoms with E-state index in [0.29, 0.717) is 0 Å². The van der Waals surface area contributed by atoms with Gasteiger partial charge in [-0.1, -0.05) is 24.3 Å². The average Bonchev–Trinajstić information content (AvgIpc) is 3.08. The zero-order chi connectivity index (χ0) is 19.6. The summed E-state index contributed by atoms with van der Waals surface area (Å²) >= 11 is 1.49. The zero-order valence-electron chi connectivity index (χ0n) is 14.2. The first-order valence-corrected chi connectivity index (χ1v) is 10.2. The number of thiazole rings is 1. The highest BCUT2D eigenvalue weighted by Gasteiger charge is 2.19. The van der Waals surface area contributed by atoms with Crippen LogP contribution in [0.25, 0.3) is 10.6 Å². The topological polar surface area (TPSA) is 128 Å². The molecule has 3 aromatic rings. The first-order valence-electron chi connectivity index (χ1n) is 7.81. The van der Waals surface area contributed by atoms with Gasteiger partial charge in [-0.3, -0.25) is 10.1 Å². The summed E-state index contributed by atoms with van der Waals surface area (Å²) in [5.74, 6) is 0. The summed E-state index contributed by atoms with van der Waals surface area (Å²) in [4.78, 5) is 14.8. The van der Waals surface area contributed by atoms with Gasteiger partial charge in [-0.05, 0) is 24.6 Å². The van der Waals surface area contributed by atoms with Gasteiger partial charge in [-0.2, -0.15) is 0 Å². The Morgan fingerprint density at radius 2 is 2.00 bits per heavy atom. The fraction of sp³-hybridized carbons (Fsp3) is 0.118. The number of hydrogen-bond donors (Lipinski definition) is 2. The van der Waals surface area contributed by atoms with Crippen molar-refractivity contribution in [2.24, 2.45) is 5.14 Å². The van der Waals surface area contributed by atoms with Gasteiger partial charge in [0.15, 0.2) is 0 Å². The third-order valence-electron chi connectivity index (χ3n) is 3.88. The molecule has 2 aromatic carbocycles. The zero-order valence-corrected chi connectivity index (χ0v) is 15.9. The van der Waals surface area contributed by atoms with E-state index in [1.165, 1.54) is 23.5 Å². The summed E-state index contributed by atoms with van der Waals surface area (Å²) in [7, 11) is -4.02. The molecule has 8 nitrogen and oxygen atoms in total.